The van der Waals surface area contributed by atoms with Crippen LogP contribution in [0.2, 0.25) is 0 Å². The van der Waals surface area contributed by atoms with Crippen LogP contribution in [-0.4, -0.2) is 50.3 Å². The lowest BCUT2D eigenvalue weighted by Crippen LogP contribution is -2.36. The zero-order chi connectivity index (χ0) is 22.4. The Bertz CT molecular complexity index is 1120. The maximum atomic E-state index is 12.9. The van der Waals surface area contributed by atoms with E-state index in [1.54, 1.807) is 29.6 Å². The molecule has 0 aliphatic carbocycles. The van der Waals surface area contributed by atoms with E-state index in [1.807, 2.05) is 23.1 Å². The minimum Gasteiger partial charge on any atom is -0.341 e. The Morgan fingerprint density at radius 1 is 0.875 bits per heavy atom. The van der Waals surface area contributed by atoms with Gasteiger partial charge in [0.05, 0.1) is 6.42 Å². The molecule has 1 amide bonds. The van der Waals surface area contributed by atoms with Crippen molar-refractivity contribution in [2.75, 3.05) is 30.9 Å². The van der Waals surface area contributed by atoms with E-state index in [0.717, 1.165) is 44.7 Å². The molecule has 1 N–H and O–H groups in total. The number of hydrogen-bond donors (Lipinski definition) is 1. The second kappa shape index (κ2) is 10.3. The van der Waals surface area contributed by atoms with Gasteiger partial charge in [0.1, 0.15) is 4.21 Å². The number of hydrogen-bond acceptors (Lipinski definition) is 5. The van der Waals surface area contributed by atoms with Gasteiger partial charge in [-0.2, -0.15) is 0 Å². The Morgan fingerprint density at radius 2 is 1.66 bits per heavy atom. The summed E-state index contributed by atoms with van der Waals surface area (Å²) in [4.78, 5) is 17.2. The molecule has 2 heterocycles. The molecule has 0 spiro atoms. The summed E-state index contributed by atoms with van der Waals surface area (Å²) in [7, 11) is -3.57. The molecular formula is C24H27N3O3S2. The third kappa shape index (κ3) is 5.97. The van der Waals surface area contributed by atoms with Gasteiger partial charge in [-0.15, -0.1) is 11.3 Å². The monoisotopic (exact) mass is 469 g/mol. The first-order valence-electron chi connectivity index (χ1n) is 10.7. The first-order valence-corrected chi connectivity index (χ1v) is 13.1. The van der Waals surface area contributed by atoms with E-state index in [2.05, 4.69) is 33.9 Å². The van der Waals surface area contributed by atoms with Crippen molar-refractivity contribution in [2.24, 2.45) is 0 Å². The Balaban J connectivity index is 1.30. The Kier molecular flexibility index (Phi) is 7.24. The number of amides is 1. The quantitative estimate of drug-likeness (QED) is 0.571. The molecule has 0 radical (unpaired) electrons. The van der Waals surface area contributed by atoms with E-state index < -0.39 is 10.0 Å². The number of benzene rings is 2. The fourth-order valence-electron chi connectivity index (χ4n) is 3.82. The van der Waals surface area contributed by atoms with Gasteiger partial charge in [0.15, 0.2) is 0 Å². The molecule has 1 aromatic heterocycles. The van der Waals surface area contributed by atoms with E-state index in [1.165, 1.54) is 16.9 Å². The van der Waals surface area contributed by atoms with Gasteiger partial charge in [0.2, 0.25) is 5.91 Å². The average molecular weight is 470 g/mol. The maximum absolute atomic E-state index is 12.9. The zero-order valence-corrected chi connectivity index (χ0v) is 19.4. The Labute approximate surface area is 193 Å². The molecule has 32 heavy (non-hydrogen) atoms. The van der Waals surface area contributed by atoms with Crippen LogP contribution in [0.15, 0.2) is 76.3 Å². The number of nitrogens with one attached hydrogen (secondary N) is 1. The molecular weight excluding hydrogens is 442 g/mol. The van der Waals surface area contributed by atoms with Gasteiger partial charge in [-0.3, -0.25) is 14.4 Å². The van der Waals surface area contributed by atoms with Crippen LogP contribution in [0.1, 0.15) is 17.5 Å². The molecule has 1 aliphatic rings. The largest absolute Gasteiger partial charge is 0.341 e. The number of rotatable bonds is 7. The highest BCUT2D eigenvalue weighted by Gasteiger charge is 2.20. The van der Waals surface area contributed by atoms with Gasteiger partial charge in [0.25, 0.3) is 10.0 Å². The van der Waals surface area contributed by atoms with Gasteiger partial charge >= 0.3 is 0 Å². The van der Waals surface area contributed by atoms with Crippen molar-refractivity contribution < 1.29 is 13.2 Å². The molecule has 0 atom stereocenters. The fourth-order valence-corrected chi connectivity index (χ4v) is 5.87. The topological polar surface area (TPSA) is 69.7 Å². The average Bonchev–Trinajstić information content (AvgIpc) is 3.24. The highest BCUT2D eigenvalue weighted by Crippen LogP contribution is 2.21. The van der Waals surface area contributed by atoms with E-state index in [-0.39, 0.29) is 10.1 Å². The van der Waals surface area contributed by atoms with E-state index in [9.17, 15) is 13.2 Å². The molecule has 168 valence electrons. The molecule has 1 aliphatic heterocycles. The summed E-state index contributed by atoms with van der Waals surface area (Å²) in [5, 5.41) is 1.73. The number of carbonyl (C=O) groups excluding carboxylic acids is 1. The molecule has 4 rings (SSSR count). The summed E-state index contributed by atoms with van der Waals surface area (Å²) < 4.78 is 27.5. The lowest BCUT2D eigenvalue weighted by molar-refractivity contribution is -0.130. The molecule has 0 unspecified atom stereocenters. The predicted molar refractivity (Wildman–Crippen MR) is 128 cm³/mol. The smallest absolute Gasteiger partial charge is 0.271 e. The summed E-state index contributed by atoms with van der Waals surface area (Å²) >= 11 is 1.17. The van der Waals surface area contributed by atoms with Crippen molar-refractivity contribution in [2.45, 2.75) is 23.6 Å². The van der Waals surface area contributed by atoms with Crippen LogP contribution >= 0.6 is 11.3 Å². The first-order chi connectivity index (χ1) is 15.5. The van der Waals surface area contributed by atoms with E-state index in [0.29, 0.717) is 12.1 Å². The van der Waals surface area contributed by atoms with Crippen molar-refractivity contribution in [1.29, 1.82) is 0 Å². The van der Waals surface area contributed by atoms with Gasteiger partial charge in [0, 0.05) is 38.4 Å². The molecule has 8 heteroatoms. The SMILES string of the molecule is O=C(Cc1ccc(NS(=O)(=O)c2cccs2)cc1)N1CCCN(Cc2ccccc2)CC1. The number of sulfonamides is 1. The van der Waals surface area contributed by atoms with Crippen LogP contribution in [0.3, 0.4) is 0 Å². The lowest BCUT2D eigenvalue weighted by Gasteiger charge is -2.22. The summed E-state index contributed by atoms with van der Waals surface area (Å²) in [5.41, 5.74) is 2.66. The van der Waals surface area contributed by atoms with Crippen LogP contribution in [0.4, 0.5) is 5.69 Å². The van der Waals surface area contributed by atoms with E-state index in [4.69, 9.17) is 0 Å². The van der Waals surface area contributed by atoms with Crippen molar-refractivity contribution >= 4 is 33.0 Å². The minimum absolute atomic E-state index is 0.110. The number of thiophene rings is 1. The zero-order valence-electron chi connectivity index (χ0n) is 17.8. The summed E-state index contributed by atoms with van der Waals surface area (Å²) in [6.45, 7) is 4.25. The highest BCUT2D eigenvalue weighted by molar-refractivity contribution is 7.94. The molecule has 0 saturated carbocycles. The van der Waals surface area contributed by atoms with Crippen molar-refractivity contribution in [3.63, 3.8) is 0 Å². The first kappa shape index (κ1) is 22.5. The second-order valence-corrected chi connectivity index (χ2v) is 10.8. The van der Waals surface area contributed by atoms with Crippen LogP contribution in [0.25, 0.3) is 0 Å². The molecule has 0 bridgehead atoms. The van der Waals surface area contributed by atoms with Gasteiger partial charge < -0.3 is 4.90 Å². The van der Waals surface area contributed by atoms with Crippen molar-refractivity contribution in [3.8, 4) is 0 Å². The van der Waals surface area contributed by atoms with Crippen LogP contribution in [0, 0.1) is 0 Å². The van der Waals surface area contributed by atoms with Gasteiger partial charge in [-0.05, 0) is 41.1 Å². The van der Waals surface area contributed by atoms with Crippen LogP contribution in [0.5, 0.6) is 0 Å². The number of carbonyl (C=O) groups is 1. The number of nitrogens with zero attached hydrogens (tertiary/aromatic N) is 2. The standard InChI is InChI=1S/C24H27N3O3S2/c28-23(27-14-5-13-26(15-16-27)19-21-6-2-1-3-7-21)18-20-9-11-22(12-10-20)25-32(29,30)24-8-4-17-31-24/h1-4,6-12,17,25H,5,13-16,18-19H2. The Morgan fingerprint density at radius 3 is 2.38 bits per heavy atom. The van der Waals surface area contributed by atoms with Crippen LogP contribution < -0.4 is 4.72 Å². The van der Waals surface area contributed by atoms with E-state index >= 15 is 0 Å². The maximum Gasteiger partial charge on any atom is 0.271 e. The molecule has 6 nitrogen and oxygen atoms in total. The summed E-state index contributed by atoms with van der Waals surface area (Å²) in [5.74, 6) is 0.110. The molecule has 1 saturated heterocycles. The van der Waals surface area contributed by atoms with Gasteiger partial charge in [-0.25, -0.2) is 8.42 Å². The number of anilines is 1. The van der Waals surface area contributed by atoms with Crippen molar-refractivity contribution in [1.82, 2.24) is 9.80 Å². The molecule has 1 fully saturated rings. The second-order valence-electron chi connectivity index (χ2n) is 7.91. The summed E-state index contributed by atoms with van der Waals surface area (Å²) in [6, 6.07) is 20.7. The third-order valence-corrected chi connectivity index (χ3v) is 8.29. The lowest BCUT2D eigenvalue weighted by atomic mass is 10.1. The third-order valence-electron chi connectivity index (χ3n) is 5.51. The van der Waals surface area contributed by atoms with Crippen molar-refractivity contribution in [3.05, 3.63) is 83.2 Å². The summed E-state index contributed by atoms with van der Waals surface area (Å²) in [6.07, 6.45) is 1.28. The predicted octanol–water partition coefficient (Wildman–Crippen LogP) is 3.83. The van der Waals surface area contributed by atoms with Gasteiger partial charge in [-0.1, -0.05) is 48.5 Å². The normalized spacial score (nSPS) is 15.3. The highest BCUT2D eigenvalue weighted by atomic mass is 32.2. The van der Waals surface area contributed by atoms with Crippen LogP contribution in [-0.2, 0) is 27.8 Å². The minimum atomic E-state index is -3.57. The molecule has 3 aromatic rings. The Hall–Kier alpha value is -2.68. The molecule has 2 aromatic carbocycles. The fraction of sp³-hybridized carbons (Fsp3) is 0.292.